The van der Waals surface area contributed by atoms with Gasteiger partial charge in [0.2, 0.25) is 5.91 Å². The predicted octanol–water partition coefficient (Wildman–Crippen LogP) is 3.91. The maximum absolute atomic E-state index is 13.3. The molecule has 1 aromatic carbocycles. The van der Waals surface area contributed by atoms with Gasteiger partial charge in [-0.25, -0.2) is 13.9 Å². The Morgan fingerprint density at radius 3 is 2.66 bits per heavy atom. The second-order valence-corrected chi connectivity index (χ2v) is 7.27. The molecule has 0 bridgehead atoms. The van der Waals surface area contributed by atoms with Crippen LogP contribution in [0.4, 0.5) is 17.6 Å². The van der Waals surface area contributed by atoms with Crippen molar-refractivity contribution in [1.82, 2.24) is 24.9 Å². The lowest BCUT2D eigenvalue weighted by Crippen LogP contribution is -2.23. The number of benzene rings is 1. The molecule has 6 nitrogen and oxygen atoms in total. The van der Waals surface area contributed by atoms with Gasteiger partial charge < -0.3 is 5.32 Å². The van der Waals surface area contributed by atoms with E-state index < -0.39 is 17.8 Å². The van der Waals surface area contributed by atoms with E-state index in [1.807, 2.05) is 0 Å². The van der Waals surface area contributed by atoms with E-state index in [0.717, 1.165) is 4.52 Å². The third-order valence-electron chi connectivity index (χ3n) is 4.39. The first-order valence-corrected chi connectivity index (χ1v) is 9.36. The van der Waals surface area contributed by atoms with Crippen LogP contribution in [0.1, 0.15) is 34.8 Å². The normalized spacial score (nSPS) is 11.8. The van der Waals surface area contributed by atoms with Crippen LogP contribution in [0.5, 0.6) is 0 Å². The Hall–Kier alpha value is -2.56. The molecule has 2 heterocycles. The lowest BCUT2D eigenvalue weighted by atomic mass is 10.1. The molecule has 29 heavy (non-hydrogen) atoms. The van der Waals surface area contributed by atoms with Crippen molar-refractivity contribution in [2.75, 3.05) is 0 Å². The average Bonchev–Trinajstić information content (AvgIpc) is 3.07. The topological polar surface area (TPSA) is 72.2 Å². The molecule has 1 amide bonds. The molecule has 11 heteroatoms. The summed E-state index contributed by atoms with van der Waals surface area (Å²) in [6, 6.07) is 4.18. The van der Waals surface area contributed by atoms with Crippen LogP contribution in [0.25, 0.3) is 5.78 Å². The SMILES string of the molecule is Cc1nc2nc(C(F)(F)F)nn2c(C)c1CCC(=O)NCc1cc(F)ccc1Br. The quantitative estimate of drug-likeness (QED) is 0.570. The summed E-state index contributed by atoms with van der Waals surface area (Å²) in [6.07, 6.45) is -4.32. The van der Waals surface area contributed by atoms with E-state index >= 15 is 0 Å². The summed E-state index contributed by atoms with van der Waals surface area (Å²) in [5.74, 6) is -2.09. The van der Waals surface area contributed by atoms with Gasteiger partial charge in [0.15, 0.2) is 0 Å². The van der Waals surface area contributed by atoms with Crippen molar-refractivity contribution in [3.63, 3.8) is 0 Å². The highest BCUT2D eigenvalue weighted by Gasteiger charge is 2.36. The zero-order valence-electron chi connectivity index (χ0n) is 15.4. The number of rotatable bonds is 5. The fourth-order valence-electron chi connectivity index (χ4n) is 2.89. The molecular formula is C18H16BrF4N5O. The number of hydrogen-bond donors (Lipinski definition) is 1. The molecular weight excluding hydrogens is 458 g/mol. The van der Waals surface area contributed by atoms with Crippen molar-refractivity contribution in [1.29, 1.82) is 0 Å². The highest BCUT2D eigenvalue weighted by Crippen LogP contribution is 2.27. The largest absolute Gasteiger partial charge is 0.453 e. The van der Waals surface area contributed by atoms with Crippen molar-refractivity contribution in [2.45, 2.75) is 39.4 Å². The smallest absolute Gasteiger partial charge is 0.352 e. The maximum atomic E-state index is 13.3. The minimum atomic E-state index is -4.67. The average molecular weight is 474 g/mol. The Labute approximate surface area is 171 Å². The van der Waals surface area contributed by atoms with E-state index in [4.69, 9.17) is 0 Å². The molecule has 3 rings (SSSR count). The predicted molar refractivity (Wildman–Crippen MR) is 99.5 cm³/mol. The van der Waals surface area contributed by atoms with Crippen LogP contribution in [0.2, 0.25) is 0 Å². The van der Waals surface area contributed by atoms with Gasteiger partial charge in [-0.3, -0.25) is 4.79 Å². The van der Waals surface area contributed by atoms with Crippen molar-refractivity contribution in [2.24, 2.45) is 0 Å². The first-order valence-electron chi connectivity index (χ1n) is 8.57. The molecule has 0 saturated carbocycles. The number of amides is 1. The number of fused-ring (bicyclic) bond motifs is 1. The third kappa shape index (κ3) is 4.72. The van der Waals surface area contributed by atoms with Crippen LogP contribution in [0.3, 0.4) is 0 Å². The highest BCUT2D eigenvalue weighted by molar-refractivity contribution is 9.10. The van der Waals surface area contributed by atoms with Crippen LogP contribution >= 0.6 is 15.9 Å². The Bertz CT molecular complexity index is 1080. The van der Waals surface area contributed by atoms with Crippen molar-refractivity contribution < 1.29 is 22.4 Å². The number of nitrogens with one attached hydrogen (secondary N) is 1. The number of aryl methyl sites for hydroxylation is 2. The Morgan fingerprint density at radius 1 is 1.24 bits per heavy atom. The molecule has 0 radical (unpaired) electrons. The van der Waals surface area contributed by atoms with Gasteiger partial charge in [-0.2, -0.15) is 18.2 Å². The van der Waals surface area contributed by atoms with E-state index in [2.05, 4.69) is 36.3 Å². The van der Waals surface area contributed by atoms with Gasteiger partial charge in [-0.1, -0.05) is 15.9 Å². The highest BCUT2D eigenvalue weighted by atomic mass is 79.9. The zero-order chi connectivity index (χ0) is 21.3. The van der Waals surface area contributed by atoms with Gasteiger partial charge in [0, 0.05) is 28.8 Å². The number of aromatic nitrogens is 4. The lowest BCUT2D eigenvalue weighted by Gasteiger charge is -2.11. The molecule has 0 aliphatic carbocycles. The van der Waals surface area contributed by atoms with Crippen LogP contribution in [-0.2, 0) is 23.9 Å². The molecule has 0 saturated heterocycles. The molecule has 1 N–H and O–H groups in total. The van der Waals surface area contributed by atoms with Gasteiger partial charge in [0.1, 0.15) is 5.82 Å². The van der Waals surface area contributed by atoms with Crippen LogP contribution in [-0.4, -0.2) is 25.5 Å². The number of hydrogen-bond acceptors (Lipinski definition) is 4. The summed E-state index contributed by atoms with van der Waals surface area (Å²) in [5.41, 5.74) is 2.14. The van der Waals surface area contributed by atoms with Crippen LogP contribution in [0, 0.1) is 19.7 Å². The van der Waals surface area contributed by atoms with Gasteiger partial charge in [-0.05, 0) is 49.6 Å². The van der Waals surface area contributed by atoms with E-state index in [9.17, 15) is 22.4 Å². The molecule has 0 atom stereocenters. The monoisotopic (exact) mass is 473 g/mol. The van der Waals surface area contributed by atoms with E-state index in [1.54, 1.807) is 19.9 Å². The molecule has 0 aliphatic rings. The van der Waals surface area contributed by atoms with Crippen LogP contribution < -0.4 is 5.32 Å². The number of carbonyl (C=O) groups is 1. The first-order chi connectivity index (χ1) is 13.6. The van der Waals surface area contributed by atoms with Crippen molar-refractivity contribution >= 4 is 27.6 Å². The fourth-order valence-corrected chi connectivity index (χ4v) is 3.28. The second kappa shape index (κ2) is 8.05. The second-order valence-electron chi connectivity index (χ2n) is 6.42. The fraction of sp³-hybridized carbons (Fsp3) is 0.333. The molecule has 3 aromatic rings. The summed E-state index contributed by atoms with van der Waals surface area (Å²) in [5, 5.41) is 6.18. The lowest BCUT2D eigenvalue weighted by molar-refractivity contribution is -0.144. The summed E-state index contributed by atoms with van der Waals surface area (Å²) in [4.78, 5) is 19.7. The first kappa shape index (κ1) is 21.2. The van der Waals surface area contributed by atoms with E-state index in [-0.39, 0.29) is 31.1 Å². The summed E-state index contributed by atoms with van der Waals surface area (Å²) < 4.78 is 53.6. The van der Waals surface area contributed by atoms with Gasteiger partial charge in [0.25, 0.3) is 11.6 Å². The molecule has 0 spiro atoms. The Balaban J connectivity index is 1.71. The van der Waals surface area contributed by atoms with Crippen LogP contribution in [0.15, 0.2) is 22.7 Å². The van der Waals surface area contributed by atoms with E-state index in [1.165, 1.54) is 12.1 Å². The minimum absolute atomic E-state index is 0.0859. The molecule has 0 aliphatic heterocycles. The minimum Gasteiger partial charge on any atom is -0.352 e. The van der Waals surface area contributed by atoms with Crippen molar-refractivity contribution in [3.05, 3.63) is 56.8 Å². The number of carbonyl (C=O) groups excluding carboxylic acids is 1. The zero-order valence-corrected chi connectivity index (χ0v) is 17.0. The molecule has 154 valence electrons. The summed E-state index contributed by atoms with van der Waals surface area (Å²) >= 11 is 3.29. The Morgan fingerprint density at radius 2 is 1.97 bits per heavy atom. The number of nitrogens with zero attached hydrogens (tertiary/aromatic N) is 4. The number of halogens is 5. The molecule has 0 fully saturated rings. The third-order valence-corrected chi connectivity index (χ3v) is 5.16. The molecule has 2 aromatic heterocycles. The van der Waals surface area contributed by atoms with Crippen molar-refractivity contribution in [3.8, 4) is 0 Å². The summed E-state index contributed by atoms with van der Waals surface area (Å²) in [7, 11) is 0. The number of alkyl halides is 3. The summed E-state index contributed by atoms with van der Waals surface area (Å²) in [6.45, 7) is 3.39. The van der Waals surface area contributed by atoms with Gasteiger partial charge in [-0.15, -0.1) is 5.10 Å². The maximum Gasteiger partial charge on any atom is 0.453 e. The standard InChI is InChI=1S/C18H16BrF4N5O/c1-9-13(10(2)28-17(25-9)26-16(27-28)18(21,22)23)4-6-15(29)24-8-11-7-12(20)3-5-14(11)19/h3,5,7H,4,6,8H2,1-2H3,(H,24,29). The Kier molecular flexibility index (Phi) is 5.87. The molecule has 0 unspecified atom stereocenters. The van der Waals surface area contributed by atoms with Gasteiger partial charge >= 0.3 is 6.18 Å². The van der Waals surface area contributed by atoms with E-state index in [0.29, 0.717) is 27.0 Å². The van der Waals surface area contributed by atoms with Gasteiger partial charge in [0.05, 0.1) is 0 Å².